The summed E-state index contributed by atoms with van der Waals surface area (Å²) in [6, 6.07) is 0.508. The zero-order chi connectivity index (χ0) is 12.1. The number of hydrogen-bond acceptors (Lipinski definition) is 2. The van der Waals surface area contributed by atoms with E-state index in [0.717, 1.165) is 38.9 Å². The molecule has 96 valence electrons. The van der Waals surface area contributed by atoms with Crippen LogP contribution >= 0.6 is 0 Å². The number of amides is 1. The van der Waals surface area contributed by atoms with Gasteiger partial charge >= 0.3 is 0 Å². The van der Waals surface area contributed by atoms with Crippen LogP contribution in [0.5, 0.6) is 0 Å². The molecular formula is C14H24N2O. The zero-order valence-electron chi connectivity index (χ0n) is 10.7. The van der Waals surface area contributed by atoms with E-state index in [1.807, 2.05) is 6.08 Å². The molecule has 1 saturated heterocycles. The van der Waals surface area contributed by atoms with Crippen molar-refractivity contribution >= 4 is 5.91 Å². The van der Waals surface area contributed by atoms with Crippen LogP contribution in [0.1, 0.15) is 38.5 Å². The Morgan fingerprint density at radius 1 is 1.29 bits per heavy atom. The third-order valence-electron chi connectivity index (χ3n) is 3.76. The smallest absolute Gasteiger partial charge is 0.223 e. The van der Waals surface area contributed by atoms with Gasteiger partial charge in [-0.25, -0.2) is 0 Å². The highest BCUT2D eigenvalue weighted by Crippen LogP contribution is 2.22. The molecule has 2 fully saturated rings. The molecule has 0 radical (unpaired) electrons. The normalized spacial score (nSPS) is 22.4. The van der Waals surface area contributed by atoms with Gasteiger partial charge in [0.05, 0.1) is 0 Å². The van der Waals surface area contributed by atoms with Gasteiger partial charge in [0.25, 0.3) is 0 Å². The van der Waals surface area contributed by atoms with E-state index in [2.05, 4.69) is 16.8 Å². The van der Waals surface area contributed by atoms with Crippen LogP contribution in [0.15, 0.2) is 12.7 Å². The van der Waals surface area contributed by atoms with Crippen molar-refractivity contribution in [1.82, 2.24) is 10.2 Å². The van der Waals surface area contributed by atoms with Crippen LogP contribution in [0.4, 0.5) is 0 Å². The predicted octanol–water partition coefficient (Wildman–Crippen LogP) is 1.94. The zero-order valence-corrected chi connectivity index (χ0v) is 10.7. The molecular weight excluding hydrogens is 212 g/mol. The first kappa shape index (κ1) is 12.6. The van der Waals surface area contributed by atoms with E-state index >= 15 is 0 Å². The van der Waals surface area contributed by atoms with E-state index in [1.54, 1.807) is 0 Å². The van der Waals surface area contributed by atoms with E-state index in [0.29, 0.717) is 11.9 Å². The molecule has 0 aromatic heterocycles. The number of carbonyl (C=O) groups excluding carboxylic acids is 1. The van der Waals surface area contributed by atoms with Crippen molar-refractivity contribution in [3.63, 3.8) is 0 Å². The molecule has 0 aromatic carbocycles. The fraction of sp³-hybridized carbons (Fsp3) is 0.786. The highest BCUT2D eigenvalue weighted by atomic mass is 16.2. The molecule has 17 heavy (non-hydrogen) atoms. The fourth-order valence-electron chi connectivity index (χ4n) is 2.42. The van der Waals surface area contributed by atoms with E-state index < -0.39 is 0 Å². The molecule has 0 atom stereocenters. The monoisotopic (exact) mass is 236 g/mol. The molecule has 1 aliphatic carbocycles. The van der Waals surface area contributed by atoms with Gasteiger partial charge in [0.2, 0.25) is 5.91 Å². The Balaban J connectivity index is 1.62. The summed E-state index contributed by atoms with van der Waals surface area (Å²) in [5.41, 5.74) is 0. The van der Waals surface area contributed by atoms with Crippen molar-refractivity contribution in [2.75, 3.05) is 19.6 Å². The lowest BCUT2D eigenvalue weighted by Gasteiger charge is -2.31. The minimum atomic E-state index is 0.270. The number of likely N-dealkylation sites (tertiary alicyclic amines) is 1. The number of piperidine rings is 1. The minimum Gasteiger partial charge on any atom is -0.353 e. The topological polar surface area (TPSA) is 32.3 Å². The summed E-state index contributed by atoms with van der Waals surface area (Å²) in [5, 5.41) is 3.12. The molecule has 2 rings (SSSR count). The molecule has 0 aromatic rings. The van der Waals surface area contributed by atoms with Crippen LogP contribution < -0.4 is 5.32 Å². The largest absolute Gasteiger partial charge is 0.353 e. The van der Waals surface area contributed by atoms with Gasteiger partial charge in [0, 0.05) is 12.0 Å². The Hall–Kier alpha value is -0.830. The third-order valence-corrected chi connectivity index (χ3v) is 3.76. The summed E-state index contributed by atoms with van der Waals surface area (Å²) in [6.45, 7) is 7.06. The number of carbonyl (C=O) groups is 1. The summed E-state index contributed by atoms with van der Waals surface area (Å²) in [6.07, 6.45) is 8.72. The molecule has 1 heterocycles. The lowest BCUT2D eigenvalue weighted by Crippen LogP contribution is -2.41. The second kappa shape index (κ2) is 6.20. The van der Waals surface area contributed by atoms with Crippen molar-refractivity contribution in [3.05, 3.63) is 12.7 Å². The van der Waals surface area contributed by atoms with Crippen molar-refractivity contribution in [3.8, 4) is 0 Å². The van der Waals surface area contributed by atoms with Crippen molar-refractivity contribution in [2.45, 2.75) is 44.6 Å². The Bertz CT molecular complexity index is 265. The number of allylic oxidation sites excluding steroid dienone is 1. The molecule has 0 unspecified atom stereocenters. The summed E-state index contributed by atoms with van der Waals surface area (Å²) < 4.78 is 0. The lowest BCUT2D eigenvalue weighted by molar-refractivity contribution is -0.126. The van der Waals surface area contributed by atoms with E-state index in [4.69, 9.17) is 0 Å². The van der Waals surface area contributed by atoms with Crippen molar-refractivity contribution in [1.29, 1.82) is 0 Å². The fourth-order valence-corrected chi connectivity index (χ4v) is 2.42. The standard InChI is InChI=1S/C14H24N2O/c1-2-3-4-9-16-10-7-12(8-11-16)14(17)15-13-5-6-13/h2,12-13H,1,3-11H2,(H,15,17). The highest BCUT2D eigenvalue weighted by molar-refractivity contribution is 5.79. The number of rotatable bonds is 6. The highest BCUT2D eigenvalue weighted by Gasteiger charge is 2.29. The summed E-state index contributed by atoms with van der Waals surface area (Å²) in [7, 11) is 0. The molecule has 3 nitrogen and oxygen atoms in total. The van der Waals surface area contributed by atoms with Gasteiger partial charge in [-0.3, -0.25) is 4.79 Å². The van der Waals surface area contributed by atoms with E-state index in [-0.39, 0.29) is 5.92 Å². The second-order valence-electron chi connectivity index (χ2n) is 5.33. The van der Waals surface area contributed by atoms with Crippen LogP contribution in [0.25, 0.3) is 0 Å². The molecule has 0 spiro atoms. The summed E-state index contributed by atoms with van der Waals surface area (Å²) >= 11 is 0. The molecule has 0 bridgehead atoms. The van der Waals surface area contributed by atoms with E-state index in [9.17, 15) is 4.79 Å². The van der Waals surface area contributed by atoms with Gasteiger partial charge in [-0.15, -0.1) is 6.58 Å². The molecule has 1 saturated carbocycles. The number of hydrogen-bond donors (Lipinski definition) is 1. The van der Waals surface area contributed by atoms with Crippen LogP contribution in [0, 0.1) is 5.92 Å². The lowest BCUT2D eigenvalue weighted by atomic mass is 9.95. The van der Waals surface area contributed by atoms with Gasteiger partial charge in [0.1, 0.15) is 0 Å². The number of nitrogens with zero attached hydrogens (tertiary/aromatic N) is 1. The predicted molar refractivity (Wildman–Crippen MR) is 69.8 cm³/mol. The van der Waals surface area contributed by atoms with Crippen LogP contribution in [-0.2, 0) is 4.79 Å². The Morgan fingerprint density at radius 3 is 2.59 bits per heavy atom. The van der Waals surface area contributed by atoms with Crippen LogP contribution in [0.2, 0.25) is 0 Å². The quantitative estimate of drug-likeness (QED) is 0.564. The van der Waals surface area contributed by atoms with E-state index in [1.165, 1.54) is 19.3 Å². The van der Waals surface area contributed by atoms with Crippen LogP contribution in [0.3, 0.4) is 0 Å². The molecule has 1 aliphatic heterocycles. The van der Waals surface area contributed by atoms with Gasteiger partial charge in [-0.2, -0.15) is 0 Å². The number of unbranched alkanes of at least 4 members (excludes halogenated alkanes) is 1. The Morgan fingerprint density at radius 2 is 2.00 bits per heavy atom. The minimum absolute atomic E-state index is 0.270. The van der Waals surface area contributed by atoms with Gasteiger partial charge < -0.3 is 10.2 Å². The van der Waals surface area contributed by atoms with Crippen LogP contribution in [-0.4, -0.2) is 36.5 Å². The average Bonchev–Trinajstić information content (AvgIpc) is 3.14. The maximum absolute atomic E-state index is 11.9. The Kier molecular flexibility index (Phi) is 4.60. The molecule has 3 heteroatoms. The van der Waals surface area contributed by atoms with Gasteiger partial charge in [-0.1, -0.05) is 6.08 Å². The van der Waals surface area contributed by atoms with Gasteiger partial charge in [0.15, 0.2) is 0 Å². The Labute approximate surface area is 104 Å². The summed E-state index contributed by atoms with van der Waals surface area (Å²) in [4.78, 5) is 14.3. The van der Waals surface area contributed by atoms with Gasteiger partial charge in [-0.05, 0) is 58.2 Å². The van der Waals surface area contributed by atoms with Crippen molar-refractivity contribution < 1.29 is 4.79 Å². The molecule has 1 amide bonds. The maximum atomic E-state index is 11.9. The first-order valence-electron chi connectivity index (χ1n) is 6.93. The third kappa shape index (κ3) is 4.15. The SMILES string of the molecule is C=CCCCN1CCC(C(=O)NC2CC2)CC1. The average molecular weight is 236 g/mol. The molecule has 1 N–H and O–H groups in total. The van der Waals surface area contributed by atoms with Crippen molar-refractivity contribution in [2.24, 2.45) is 5.92 Å². The maximum Gasteiger partial charge on any atom is 0.223 e. The first-order chi connectivity index (χ1) is 8.29. The molecule has 2 aliphatic rings. The second-order valence-corrected chi connectivity index (χ2v) is 5.33. The number of nitrogens with one attached hydrogen (secondary N) is 1. The first-order valence-corrected chi connectivity index (χ1v) is 6.93. The summed E-state index contributed by atoms with van der Waals surface area (Å²) in [5.74, 6) is 0.574.